The highest BCUT2D eigenvalue weighted by atomic mass is 32.2. The van der Waals surface area contributed by atoms with Crippen molar-refractivity contribution in [3.05, 3.63) is 59.4 Å². The number of anilines is 2. The molecule has 10 nitrogen and oxygen atoms in total. The van der Waals surface area contributed by atoms with Crippen LogP contribution in [-0.2, 0) is 21.9 Å². The van der Waals surface area contributed by atoms with Gasteiger partial charge in [-0.05, 0) is 38.4 Å². The van der Waals surface area contributed by atoms with Gasteiger partial charge in [0.15, 0.2) is 5.16 Å². The number of rotatable bonds is 9. The van der Waals surface area contributed by atoms with E-state index in [9.17, 15) is 14.9 Å². The molecule has 0 atom stereocenters. The molecular formula is C24H26N8O2S. The molecule has 11 heteroatoms. The molecule has 0 unspecified atom stereocenters. The van der Waals surface area contributed by atoms with E-state index < -0.39 is 0 Å². The first-order chi connectivity index (χ1) is 16.7. The van der Waals surface area contributed by atoms with Crippen LogP contribution in [0.25, 0.3) is 11.3 Å². The Hall–Kier alpha value is -4.01. The van der Waals surface area contributed by atoms with Crippen molar-refractivity contribution in [1.29, 1.82) is 5.26 Å². The van der Waals surface area contributed by atoms with Crippen molar-refractivity contribution in [2.24, 2.45) is 0 Å². The molecule has 0 fully saturated rings. The predicted octanol–water partition coefficient (Wildman–Crippen LogP) is 2.42. The van der Waals surface area contributed by atoms with Gasteiger partial charge in [-0.2, -0.15) is 5.26 Å². The summed E-state index contributed by atoms with van der Waals surface area (Å²) in [5.74, 6) is 0.326. The monoisotopic (exact) mass is 490 g/mol. The lowest BCUT2D eigenvalue weighted by atomic mass is 10.1. The Balaban J connectivity index is 1.74. The van der Waals surface area contributed by atoms with Crippen LogP contribution in [0.15, 0.2) is 47.6 Å². The lowest BCUT2D eigenvalue weighted by Gasteiger charge is -2.11. The minimum absolute atomic E-state index is 0.0735. The van der Waals surface area contributed by atoms with E-state index in [1.807, 2.05) is 32.3 Å². The van der Waals surface area contributed by atoms with Gasteiger partial charge in [-0.1, -0.05) is 30.0 Å². The molecule has 2 heterocycles. The lowest BCUT2D eigenvalue weighted by Crippen LogP contribution is -2.33. The number of nitrogen functional groups attached to an aromatic ring is 1. The molecule has 35 heavy (non-hydrogen) atoms. The summed E-state index contributed by atoms with van der Waals surface area (Å²) in [5.41, 5.74) is 9.53. The van der Waals surface area contributed by atoms with Gasteiger partial charge in [-0.3, -0.25) is 14.6 Å². The van der Waals surface area contributed by atoms with Crippen molar-refractivity contribution in [1.82, 2.24) is 25.2 Å². The van der Waals surface area contributed by atoms with Crippen LogP contribution in [0.1, 0.15) is 23.9 Å². The zero-order valence-electron chi connectivity index (χ0n) is 19.7. The molecule has 2 aromatic heterocycles. The second-order valence-electron chi connectivity index (χ2n) is 7.91. The minimum atomic E-state index is -0.172. The maximum Gasteiger partial charge on any atom is 0.234 e. The summed E-state index contributed by atoms with van der Waals surface area (Å²) in [7, 11) is 3.67. The first-order valence-electron chi connectivity index (χ1n) is 10.7. The summed E-state index contributed by atoms with van der Waals surface area (Å²) >= 11 is 1.34. The Morgan fingerprint density at radius 3 is 2.46 bits per heavy atom. The number of benzene rings is 1. The number of hydrogen-bond acceptors (Lipinski definition) is 9. The van der Waals surface area contributed by atoms with E-state index in [0.29, 0.717) is 40.9 Å². The quantitative estimate of drug-likeness (QED) is 0.303. The van der Waals surface area contributed by atoms with Crippen LogP contribution in [-0.4, -0.2) is 52.3 Å². The SMILES string of the molecule is CC(=O)Nc1ccc(-c2nc(SCc3cccc(CNC(=O)CN(C)C)n3)nc(N)c2C#N)cc1. The van der Waals surface area contributed by atoms with Crippen LogP contribution in [0.2, 0.25) is 0 Å². The third-order valence-electron chi connectivity index (χ3n) is 4.65. The molecule has 1 aromatic carbocycles. The van der Waals surface area contributed by atoms with E-state index in [1.54, 1.807) is 29.2 Å². The van der Waals surface area contributed by atoms with Crippen molar-refractivity contribution >= 4 is 35.1 Å². The van der Waals surface area contributed by atoms with E-state index in [1.165, 1.54) is 18.7 Å². The Morgan fingerprint density at radius 2 is 1.80 bits per heavy atom. The van der Waals surface area contributed by atoms with Crippen molar-refractivity contribution in [3.8, 4) is 17.3 Å². The zero-order chi connectivity index (χ0) is 25.4. The van der Waals surface area contributed by atoms with Gasteiger partial charge in [0.05, 0.1) is 30.2 Å². The van der Waals surface area contributed by atoms with E-state index in [4.69, 9.17) is 5.73 Å². The van der Waals surface area contributed by atoms with E-state index in [2.05, 4.69) is 31.7 Å². The van der Waals surface area contributed by atoms with Gasteiger partial charge in [0, 0.05) is 23.9 Å². The highest BCUT2D eigenvalue weighted by Crippen LogP contribution is 2.29. The number of hydrogen-bond donors (Lipinski definition) is 3. The maximum absolute atomic E-state index is 11.9. The fourth-order valence-corrected chi connectivity index (χ4v) is 3.89. The fraction of sp³-hybridized carbons (Fsp3) is 0.250. The molecule has 180 valence electrons. The van der Waals surface area contributed by atoms with Gasteiger partial charge >= 0.3 is 0 Å². The Labute approximate surface area is 208 Å². The topological polar surface area (TPSA) is 150 Å². The molecule has 4 N–H and O–H groups in total. The van der Waals surface area contributed by atoms with Crippen molar-refractivity contribution in [3.63, 3.8) is 0 Å². The summed E-state index contributed by atoms with van der Waals surface area (Å²) in [6, 6.07) is 14.7. The Kier molecular flexibility index (Phi) is 8.72. The summed E-state index contributed by atoms with van der Waals surface area (Å²) in [6.07, 6.45) is 0. The molecular weight excluding hydrogens is 464 g/mol. The van der Waals surface area contributed by atoms with Crippen LogP contribution < -0.4 is 16.4 Å². The number of nitrogens with two attached hydrogens (primary N) is 1. The van der Waals surface area contributed by atoms with Crippen molar-refractivity contribution < 1.29 is 9.59 Å². The van der Waals surface area contributed by atoms with Crippen molar-refractivity contribution in [2.45, 2.75) is 24.4 Å². The first kappa shape index (κ1) is 25.6. The third-order valence-corrected chi connectivity index (χ3v) is 5.53. The molecule has 0 spiro atoms. The van der Waals surface area contributed by atoms with Crippen LogP contribution in [0, 0.1) is 11.3 Å². The van der Waals surface area contributed by atoms with Crippen LogP contribution >= 0.6 is 11.8 Å². The van der Waals surface area contributed by atoms with E-state index in [0.717, 1.165) is 11.4 Å². The summed E-state index contributed by atoms with van der Waals surface area (Å²) in [6.45, 7) is 2.08. The molecule has 0 aliphatic rings. The highest BCUT2D eigenvalue weighted by molar-refractivity contribution is 7.98. The summed E-state index contributed by atoms with van der Waals surface area (Å²) < 4.78 is 0. The molecule has 0 saturated carbocycles. The Bertz CT molecular complexity index is 1260. The maximum atomic E-state index is 11.9. The third kappa shape index (κ3) is 7.49. The second-order valence-corrected chi connectivity index (χ2v) is 8.85. The number of pyridine rings is 1. The van der Waals surface area contributed by atoms with Crippen LogP contribution in [0.3, 0.4) is 0 Å². The number of nitrogens with one attached hydrogen (secondary N) is 2. The number of likely N-dealkylation sites (N-methyl/N-ethyl adjacent to an activating group) is 1. The molecule has 0 aliphatic heterocycles. The average Bonchev–Trinajstić information content (AvgIpc) is 2.81. The molecule has 0 saturated heterocycles. The molecule has 0 radical (unpaired) electrons. The number of carbonyl (C=O) groups is 2. The van der Waals surface area contributed by atoms with E-state index >= 15 is 0 Å². The van der Waals surface area contributed by atoms with Gasteiger partial charge in [-0.15, -0.1) is 0 Å². The number of amides is 2. The first-order valence-corrected chi connectivity index (χ1v) is 11.7. The molecule has 0 aliphatic carbocycles. The van der Waals surface area contributed by atoms with Gasteiger partial charge in [-0.25, -0.2) is 9.97 Å². The number of carbonyl (C=O) groups excluding carboxylic acids is 2. The minimum Gasteiger partial charge on any atom is -0.382 e. The van der Waals surface area contributed by atoms with Crippen LogP contribution in [0.4, 0.5) is 11.5 Å². The zero-order valence-corrected chi connectivity index (χ0v) is 20.5. The highest BCUT2D eigenvalue weighted by Gasteiger charge is 2.15. The van der Waals surface area contributed by atoms with Gasteiger partial charge < -0.3 is 21.3 Å². The number of nitriles is 1. The fourth-order valence-electron chi connectivity index (χ4n) is 3.13. The standard InChI is InChI=1S/C24H26N8O2S/c1-15(33)28-17-9-7-16(8-10-17)22-20(11-25)23(26)31-24(30-22)35-14-19-6-4-5-18(29-19)12-27-21(34)13-32(2)3/h4-10H,12-14H2,1-3H3,(H,27,34)(H,28,33)(H2,26,30,31). The van der Waals surface area contributed by atoms with Gasteiger partial charge in [0.25, 0.3) is 0 Å². The van der Waals surface area contributed by atoms with Gasteiger partial charge in [0.1, 0.15) is 17.5 Å². The molecule has 3 rings (SSSR count). The average molecular weight is 491 g/mol. The van der Waals surface area contributed by atoms with E-state index in [-0.39, 0.29) is 23.2 Å². The molecule has 2 amide bonds. The molecule has 0 bridgehead atoms. The van der Waals surface area contributed by atoms with Crippen LogP contribution in [0.5, 0.6) is 0 Å². The normalized spacial score (nSPS) is 10.6. The number of aromatic nitrogens is 3. The van der Waals surface area contributed by atoms with Gasteiger partial charge in [0.2, 0.25) is 11.8 Å². The largest absolute Gasteiger partial charge is 0.382 e. The Morgan fingerprint density at radius 1 is 1.09 bits per heavy atom. The molecule has 3 aromatic rings. The number of nitrogens with zero attached hydrogens (tertiary/aromatic N) is 5. The summed E-state index contributed by atoms with van der Waals surface area (Å²) in [4.78, 5) is 38.3. The summed E-state index contributed by atoms with van der Waals surface area (Å²) in [5, 5.41) is 15.5. The predicted molar refractivity (Wildman–Crippen MR) is 135 cm³/mol. The van der Waals surface area contributed by atoms with Crippen molar-refractivity contribution in [2.75, 3.05) is 31.7 Å². The number of thioether (sulfide) groups is 1. The second kappa shape index (κ2) is 11.9. The smallest absolute Gasteiger partial charge is 0.234 e. The lowest BCUT2D eigenvalue weighted by molar-refractivity contribution is -0.121.